The molecule has 2 aliphatic rings. The molecule has 0 bridgehead atoms. The molecular formula is C17H24BrNO2. The highest BCUT2D eigenvalue weighted by atomic mass is 79.9. The number of hydrogen-bond donors (Lipinski definition) is 1. The lowest BCUT2D eigenvalue weighted by molar-refractivity contribution is -0.103. The van der Waals surface area contributed by atoms with Gasteiger partial charge in [-0.15, -0.1) is 0 Å². The molecule has 21 heavy (non-hydrogen) atoms. The summed E-state index contributed by atoms with van der Waals surface area (Å²) in [5.74, 6) is 0.587. The van der Waals surface area contributed by atoms with Crippen molar-refractivity contribution in [1.82, 2.24) is 5.32 Å². The second-order valence-electron chi connectivity index (χ2n) is 6.33. The zero-order valence-corrected chi connectivity index (χ0v) is 14.4. The van der Waals surface area contributed by atoms with Crippen LogP contribution in [-0.4, -0.2) is 32.5 Å². The predicted octanol–water partition coefficient (Wildman–Crippen LogP) is 3.60. The zero-order valence-electron chi connectivity index (χ0n) is 12.8. The van der Waals surface area contributed by atoms with Crippen LogP contribution in [-0.2, 0) is 9.47 Å². The van der Waals surface area contributed by atoms with Crippen LogP contribution in [0.15, 0.2) is 22.7 Å². The molecule has 2 fully saturated rings. The Kier molecular flexibility index (Phi) is 4.69. The molecule has 116 valence electrons. The Balaban J connectivity index is 1.84. The van der Waals surface area contributed by atoms with E-state index in [9.17, 15) is 0 Å². The van der Waals surface area contributed by atoms with Crippen molar-refractivity contribution in [3.63, 3.8) is 0 Å². The van der Waals surface area contributed by atoms with Crippen LogP contribution in [0.5, 0.6) is 0 Å². The van der Waals surface area contributed by atoms with Crippen molar-refractivity contribution >= 4 is 15.9 Å². The highest BCUT2D eigenvalue weighted by Gasteiger charge is 2.43. The molecule has 0 saturated carbocycles. The van der Waals surface area contributed by atoms with E-state index < -0.39 is 0 Å². The average Bonchev–Trinajstić information content (AvgIpc) is 2.92. The minimum atomic E-state index is -0.0334. The third kappa shape index (κ3) is 3.04. The number of benzene rings is 1. The van der Waals surface area contributed by atoms with Crippen LogP contribution in [0.1, 0.15) is 36.4 Å². The zero-order chi connectivity index (χ0) is 14.9. The maximum Gasteiger partial charge on any atom is 0.0940 e. The summed E-state index contributed by atoms with van der Waals surface area (Å²) < 4.78 is 12.9. The summed E-state index contributed by atoms with van der Waals surface area (Å²) in [7, 11) is 2.06. The van der Waals surface area contributed by atoms with E-state index >= 15 is 0 Å². The van der Waals surface area contributed by atoms with Gasteiger partial charge < -0.3 is 14.8 Å². The molecule has 3 atom stereocenters. The largest absolute Gasteiger partial charge is 0.378 e. The number of hydrogen-bond acceptors (Lipinski definition) is 3. The van der Waals surface area contributed by atoms with Crippen LogP contribution in [0, 0.1) is 12.8 Å². The summed E-state index contributed by atoms with van der Waals surface area (Å²) in [5, 5.41) is 3.54. The summed E-state index contributed by atoms with van der Waals surface area (Å²) in [4.78, 5) is 0. The first-order chi connectivity index (χ1) is 10.2. The number of aryl methyl sites for hydroxylation is 1. The summed E-state index contributed by atoms with van der Waals surface area (Å²) >= 11 is 3.77. The third-order valence-corrected chi connectivity index (χ3v) is 6.02. The predicted molar refractivity (Wildman–Crippen MR) is 87.5 cm³/mol. The summed E-state index contributed by atoms with van der Waals surface area (Å²) in [6, 6.07) is 6.89. The molecule has 3 rings (SSSR count). The normalized spacial score (nSPS) is 30.7. The summed E-state index contributed by atoms with van der Waals surface area (Å²) in [5.41, 5.74) is 2.62. The van der Waals surface area contributed by atoms with Gasteiger partial charge >= 0.3 is 0 Å². The van der Waals surface area contributed by atoms with Crippen LogP contribution in [0.25, 0.3) is 0 Å². The van der Waals surface area contributed by atoms with E-state index in [4.69, 9.17) is 9.47 Å². The minimum Gasteiger partial charge on any atom is -0.378 e. The Labute approximate surface area is 135 Å². The Hall–Kier alpha value is -0.420. The molecule has 0 aliphatic carbocycles. The van der Waals surface area contributed by atoms with Crippen LogP contribution >= 0.6 is 15.9 Å². The number of rotatable bonds is 3. The molecule has 3 unspecified atom stereocenters. The van der Waals surface area contributed by atoms with E-state index in [0.717, 1.165) is 39.1 Å². The molecule has 1 spiro atoms. The first-order valence-electron chi connectivity index (χ1n) is 7.79. The molecule has 1 aromatic carbocycles. The second-order valence-corrected chi connectivity index (χ2v) is 7.12. The van der Waals surface area contributed by atoms with Gasteiger partial charge in [-0.3, -0.25) is 0 Å². The van der Waals surface area contributed by atoms with Gasteiger partial charge in [-0.05, 0) is 43.9 Å². The monoisotopic (exact) mass is 353 g/mol. The molecule has 2 heterocycles. The molecule has 2 saturated heterocycles. The van der Waals surface area contributed by atoms with Gasteiger partial charge in [0, 0.05) is 30.1 Å². The highest BCUT2D eigenvalue weighted by Crippen LogP contribution is 2.42. The summed E-state index contributed by atoms with van der Waals surface area (Å²) in [6.07, 6.45) is 3.22. The molecule has 2 aliphatic heterocycles. The van der Waals surface area contributed by atoms with Gasteiger partial charge in [0.25, 0.3) is 0 Å². The van der Waals surface area contributed by atoms with Gasteiger partial charge in [-0.1, -0.05) is 34.1 Å². The quantitative estimate of drug-likeness (QED) is 0.900. The number of ether oxygens (including phenoxy) is 2. The minimum absolute atomic E-state index is 0.0334. The molecule has 1 N–H and O–H groups in total. The van der Waals surface area contributed by atoms with Crippen molar-refractivity contribution in [2.45, 2.75) is 37.8 Å². The van der Waals surface area contributed by atoms with Crippen molar-refractivity contribution in [3.05, 3.63) is 33.8 Å². The van der Waals surface area contributed by atoms with E-state index in [-0.39, 0.29) is 5.60 Å². The molecule has 0 radical (unpaired) electrons. The maximum absolute atomic E-state index is 6.08. The molecule has 1 aromatic rings. The standard InChI is InChI=1S/C17H24BrNO2/c1-12-4-3-5-14(15(12)18)16(19-2)13-6-8-21-17(10-13)7-9-20-11-17/h3-5,13,16,19H,6-11H2,1-2H3. The van der Waals surface area contributed by atoms with Crippen LogP contribution in [0.2, 0.25) is 0 Å². The lowest BCUT2D eigenvalue weighted by atomic mass is 9.79. The fourth-order valence-electron chi connectivity index (χ4n) is 3.77. The topological polar surface area (TPSA) is 30.5 Å². The smallest absolute Gasteiger partial charge is 0.0940 e. The number of halogens is 1. The summed E-state index contributed by atoms with van der Waals surface area (Å²) in [6.45, 7) is 4.59. The molecule has 3 nitrogen and oxygen atoms in total. The lowest BCUT2D eigenvalue weighted by Gasteiger charge is -2.40. The Morgan fingerprint density at radius 2 is 2.24 bits per heavy atom. The van der Waals surface area contributed by atoms with Crippen molar-refractivity contribution in [2.24, 2.45) is 5.92 Å². The third-order valence-electron chi connectivity index (χ3n) is 4.94. The first-order valence-corrected chi connectivity index (χ1v) is 8.58. The molecule has 4 heteroatoms. The van der Waals surface area contributed by atoms with Crippen molar-refractivity contribution in [2.75, 3.05) is 26.9 Å². The van der Waals surface area contributed by atoms with Crippen molar-refractivity contribution in [1.29, 1.82) is 0 Å². The van der Waals surface area contributed by atoms with Crippen LogP contribution < -0.4 is 5.32 Å². The second kappa shape index (κ2) is 6.37. The van der Waals surface area contributed by atoms with Crippen molar-refractivity contribution in [3.8, 4) is 0 Å². The molecule has 0 aromatic heterocycles. The van der Waals surface area contributed by atoms with E-state index in [1.807, 2.05) is 0 Å². The van der Waals surface area contributed by atoms with Gasteiger partial charge in [0.2, 0.25) is 0 Å². The Morgan fingerprint density at radius 3 is 2.95 bits per heavy atom. The van der Waals surface area contributed by atoms with Gasteiger partial charge in [-0.25, -0.2) is 0 Å². The van der Waals surface area contributed by atoms with Crippen molar-refractivity contribution < 1.29 is 9.47 Å². The molecule has 0 amide bonds. The number of nitrogens with one attached hydrogen (secondary N) is 1. The Bertz CT molecular complexity index is 500. The average molecular weight is 354 g/mol. The van der Waals surface area contributed by atoms with Gasteiger partial charge in [0.15, 0.2) is 0 Å². The maximum atomic E-state index is 6.08. The van der Waals surface area contributed by atoms with Gasteiger partial charge in [0.05, 0.1) is 12.2 Å². The Morgan fingerprint density at radius 1 is 1.38 bits per heavy atom. The van der Waals surface area contributed by atoms with Crippen LogP contribution in [0.3, 0.4) is 0 Å². The van der Waals surface area contributed by atoms with Crippen LogP contribution in [0.4, 0.5) is 0 Å². The molecular weight excluding hydrogens is 330 g/mol. The van der Waals surface area contributed by atoms with E-state index in [1.165, 1.54) is 15.6 Å². The van der Waals surface area contributed by atoms with E-state index in [1.54, 1.807) is 0 Å². The van der Waals surface area contributed by atoms with Gasteiger partial charge in [-0.2, -0.15) is 0 Å². The lowest BCUT2D eigenvalue weighted by Crippen LogP contribution is -2.43. The fraction of sp³-hybridized carbons (Fsp3) is 0.647. The SMILES string of the molecule is CNC(c1cccc(C)c1Br)C1CCOC2(CCOC2)C1. The highest BCUT2D eigenvalue weighted by molar-refractivity contribution is 9.10. The van der Waals surface area contributed by atoms with E-state index in [2.05, 4.69) is 53.4 Å². The first kappa shape index (κ1) is 15.5. The fourth-order valence-corrected chi connectivity index (χ4v) is 4.28. The van der Waals surface area contributed by atoms with E-state index in [0.29, 0.717) is 12.0 Å². The van der Waals surface area contributed by atoms with Gasteiger partial charge in [0.1, 0.15) is 0 Å².